The third-order valence-electron chi connectivity index (χ3n) is 5.89. The molecular formula is C30H37N3O4. The highest BCUT2D eigenvalue weighted by molar-refractivity contribution is 6.04. The van der Waals surface area contributed by atoms with Gasteiger partial charge in [0, 0.05) is 6.54 Å². The summed E-state index contributed by atoms with van der Waals surface area (Å²) in [6.45, 7) is 11.3. The van der Waals surface area contributed by atoms with Gasteiger partial charge in [0.2, 0.25) is 5.96 Å². The molecule has 1 aliphatic heterocycles. The van der Waals surface area contributed by atoms with Crippen molar-refractivity contribution in [1.82, 2.24) is 9.80 Å². The Morgan fingerprint density at radius 3 is 2.00 bits per heavy atom. The van der Waals surface area contributed by atoms with Gasteiger partial charge in [-0.1, -0.05) is 60.7 Å². The topological polar surface area (TPSA) is 71.4 Å². The molecule has 37 heavy (non-hydrogen) atoms. The standard InChI is InChI=1S/C30H37N3O4/c1-29(2,3)36-27(34)31-26-32(20-22-15-11-8-12-16-22)25(23-17-18-23)24(19-21-13-9-7-10-14-21)33(26)28(35)37-30(4,5)6/h7-16,19,23,25H,17-18,20H2,1-6H3/b24-19+,31-26+. The molecule has 0 radical (unpaired) electrons. The van der Waals surface area contributed by atoms with E-state index in [0.29, 0.717) is 12.5 Å². The Morgan fingerprint density at radius 2 is 1.46 bits per heavy atom. The summed E-state index contributed by atoms with van der Waals surface area (Å²) in [4.78, 5) is 34.6. The minimum Gasteiger partial charge on any atom is -0.443 e. The highest BCUT2D eigenvalue weighted by Gasteiger charge is 2.51. The number of carbonyl (C=O) groups excluding carboxylic acids is 2. The number of benzene rings is 2. The molecule has 4 rings (SSSR count). The largest absolute Gasteiger partial charge is 0.443 e. The third kappa shape index (κ3) is 7.00. The zero-order valence-electron chi connectivity index (χ0n) is 22.6. The second kappa shape index (κ2) is 10.4. The lowest BCUT2D eigenvalue weighted by molar-refractivity contribution is 0.0414. The van der Waals surface area contributed by atoms with Crippen LogP contribution in [0.25, 0.3) is 6.08 Å². The highest BCUT2D eigenvalue weighted by Crippen LogP contribution is 2.45. The Kier molecular flexibility index (Phi) is 7.44. The zero-order chi connectivity index (χ0) is 26.8. The van der Waals surface area contributed by atoms with Crippen molar-refractivity contribution >= 4 is 24.2 Å². The summed E-state index contributed by atoms with van der Waals surface area (Å²) in [6, 6.07) is 19.7. The average molecular weight is 504 g/mol. The molecule has 0 spiro atoms. The average Bonchev–Trinajstić information content (AvgIpc) is 3.58. The summed E-state index contributed by atoms with van der Waals surface area (Å²) < 4.78 is 11.4. The molecule has 7 heteroatoms. The van der Waals surface area contributed by atoms with Crippen LogP contribution < -0.4 is 0 Å². The fourth-order valence-corrected chi connectivity index (χ4v) is 4.36. The molecule has 2 aromatic rings. The van der Waals surface area contributed by atoms with Gasteiger partial charge in [0.05, 0.1) is 11.7 Å². The van der Waals surface area contributed by atoms with E-state index in [1.54, 1.807) is 20.8 Å². The Bertz CT molecular complexity index is 1170. The van der Waals surface area contributed by atoms with Crippen LogP contribution in [0.1, 0.15) is 65.5 Å². The first-order valence-corrected chi connectivity index (χ1v) is 12.8. The van der Waals surface area contributed by atoms with Gasteiger partial charge >= 0.3 is 12.2 Å². The Labute approximate surface area is 219 Å². The molecular weight excluding hydrogens is 466 g/mol. The number of guanidine groups is 1. The van der Waals surface area contributed by atoms with Crippen LogP contribution in [0.2, 0.25) is 0 Å². The van der Waals surface area contributed by atoms with Crippen LogP contribution in [0, 0.1) is 5.92 Å². The quantitative estimate of drug-likeness (QED) is 0.456. The van der Waals surface area contributed by atoms with Crippen LogP contribution in [-0.2, 0) is 16.0 Å². The van der Waals surface area contributed by atoms with Gasteiger partial charge in [-0.3, -0.25) is 0 Å². The van der Waals surface area contributed by atoms with Crippen LogP contribution in [-0.4, -0.2) is 45.2 Å². The Morgan fingerprint density at radius 1 is 0.892 bits per heavy atom. The second-order valence-corrected chi connectivity index (χ2v) is 11.6. The molecule has 7 nitrogen and oxygen atoms in total. The van der Waals surface area contributed by atoms with E-state index in [0.717, 1.165) is 29.7 Å². The molecule has 0 N–H and O–H groups in total. The lowest BCUT2D eigenvalue weighted by Crippen LogP contribution is -2.41. The number of hydrogen-bond donors (Lipinski definition) is 0. The third-order valence-corrected chi connectivity index (χ3v) is 5.89. The number of carbonyl (C=O) groups is 2. The summed E-state index contributed by atoms with van der Waals surface area (Å²) in [7, 11) is 0. The molecule has 1 heterocycles. The molecule has 2 aliphatic rings. The number of ether oxygens (including phenoxy) is 2. The number of aliphatic imine (C=N–C) groups is 1. The van der Waals surface area contributed by atoms with E-state index in [1.807, 2.05) is 87.5 Å². The predicted molar refractivity (Wildman–Crippen MR) is 145 cm³/mol. The van der Waals surface area contributed by atoms with Crippen LogP contribution >= 0.6 is 0 Å². The van der Waals surface area contributed by atoms with Gasteiger partial charge in [0.1, 0.15) is 11.2 Å². The number of amides is 2. The second-order valence-electron chi connectivity index (χ2n) is 11.6. The van der Waals surface area contributed by atoms with Crippen molar-refractivity contribution < 1.29 is 19.1 Å². The molecule has 2 amide bonds. The highest BCUT2D eigenvalue weighted by atomic mass is 16.6. The van der Waals surface area contributed by atoms with E-state index in [-0.39, 0.29) is 12.0 Å². The first kappa shape index (κ1) is 26.5. The first-order valence-electron chi connectivity index (χ1n) is 12.8. The van der Waals surface area contributed by atoms with E-state index >= 15 is 0 Å². The molecule has 0 aromatic heterocycles. The minimum absolute atomic E-state index is 0.144. The lowest BCUT2D eigenvalue weighted by Gasteiger charge is -2.27. The van der Waals surface area contributed by atoms with Crippen molar-refractivity contribution in [1.29, 1.82) is 0 Å². The van der Waals surface area contributed by atoms with Gasteiger partial charge < -0.3 is 14.4 Å². The summed E-state index contributed by atoms with van der Waals surface area (Å²) in [6.07, 6.45) is 2.75. The van der Waals surface area contributed by atoms with Crippen molar-refractivity contribution in [3.8, 4) is 0 Å². The van der Waals surface area contributed by atoms with Gasteiger partial charge in [-0.25, -0.2) is 14.5 Å². The monoisotopic (exact) mass is 503 g/mol. The maximum Gasteiger partial charge on any atom is 0.437 e. The van der Waals surface area contributed by atoms with Crippen LogP contribution in [0.4, 0.5) is 9.59 Å². The maximum absolute atomic E-state index is 13.7. The van der Waals surface area contributed by atoms with Gasteiger partial charge in [-0.05, 0) is 77.5 Å². The molecule has 0 bridgehead atoms. The number of hydrogen-bond acceptors (Lipinski definition) is 4. The predicted octanol–water partition coefficient (Wildman–Crippen LogP) is 6.85. The van der Waals surface area contributed by atoms with Gasteiger partial charge in [0.15, 0.2) is 0 Å². The van der Waals surface area contributed by atoms with Crippen molar-refractivity contribution in [2.75, 3.05) is 0 Å². The molecule has 1 saturated heterocycles. The van der Waals surface area contributed by atoms with Crippen molar-refractivity contribution in [2.24, 2.45) is 10.9 Å². The molecule has 196 valence electrons. The molecule has 1 aliphatic carbocycles. The van der Waals surface area contributed by atoms with E-state index in [4.69, 9.17) is 9.47 Å². The fourth-order valence-electron chi connectivity index (χ4n) is 4.36. The Hall–Kier alpha value is -3.61. The molecule has 1 atom stereocenters. The maximum atomic E-state index is 13.7. The van der Waals surface area contributed by atoms with E-state index in [1.165, 1.54) is 4.90 Å². The molecule has 2 aromatic carbocycles. The molecule has 1 unspecified atom stereocenters. The number of rotatable bonds is 4. The zero-order valence-corrected chi connectivity index (χ0v) is 22.6. The summed E-state index contributed by atoms with van der Waals surface area (Å²) in [5.41, 5.74) is 1.30. The van der Waals surface area contributed by atoms with Crippen molar-refractivity contribution in [3.63, 3.8) is 0 Å². The van der Waals surface area contributed by atoms with E-state index in [2.05, 4.69) is 9.89 Å². The van der Waals surface area contributed by atoms with Crippen molar-refractivity contribution in [2.45, 2.75) is 78.2 Å². The molecule has 1 saturated carbocycles. The summed E-state index contributed by atoms with van der Waals surface area (Å²) >= 11 is 0. The van der Waals surface area contributed by atoms with Crippen LogP contribution in [0.5, 0.6) is 0 Å². The Balaban J connectivity index is 1.87. The lowest BCUT2D eigenvalue weighted by atomic mass is 10.0. The van der Waals surface area contributed by atoms with Crippen molar-refractivity contribution in [3.05, 3.63) is 77.5 Å². The van der Waals surface area contributed by atoms with Gasteiger partial charge in [0.25, 0.3) is 0 Å². The minimum atomic E-state index is -0.746. The summed E-state index contributed by atoms with van der Waals surface area (Å²) in [5.74, 6) is 0.557. The number of nitrogens with zero attached hydrogens (tertiary/aromatic N) is 3. The summed E-state index contributed by atoms with van der Waals surface area (Å²) in [5, 5.41) is 0. The first-order chi connectivity index (χ1) is 17.4. The molecule has 2 fully saturated rings. The van der Waals surface area contributed by atoms with Crippen LogP contribution in [0.15, 0.2) is 71.4 Å². The SMILES string of the molecule is CC(C)(C)OC(=O)/N=C1/N(C(=O)OC(C)(C)C)/C(=C/c2ccccc2)C(C2CC2)N1Cc1ccccc1. The normalized spacial score (nSPS) is 20.4. The van der Waals surface area contributed by atoms with E-state index in [9.17, 15) is 9.59 Å². The van der Waals surface area contributed by atoms with E-state index < -0.39 is 23.4 Å². The van der Waals surface area contributed by atoms with Gasteiger partial charge in [-0.2, -0.15) is 0 Å². The van der Waals surface area contributed by atoms with Crippen LogP contribution in [0.3, 0.4) is 0 Å². The fraction of sp³-hybridized carbons (Fsp3) is 0.433. The van der Waals surface area contributed by atoms with Gasteiger partial charge in [-0.15, -0.1) is 4.99 Å². The smallest absolute Gasteiger partial charge is 0.437 e.